The molecule has 0 aromatic rings. The Morgan fingerprint density at radius 1 is 1.20 bits per heavy atom. The molecule has 1 N–H and O–H groups in total. The monoisotopic (exact) mass is 255 g/mol. The fraction of sp³-hybridized carbons (Fsp3) is 1.00. The maximum Gasteiger partial charge on any atom is 0.211 e. The number of hydrogen-bond acceptors (Lipinski definition) is 2. The van der Waals surface area contributed by atoms with Gasteiger partial charge in [0, 0.05) is 11.9 Å². The Morgan fingerprint density at radius 3 is 2.27 bits per heavy atom. The summed E-state index contributed by atoms with van der Waals surface area (Å²) in [7, 11) is -3.10. The average Bonchev–Trinajstić information content (AvgIpc) is 2.11. The van der Waals surface area contributed by atoms with Crippen molar-refractivity contribution in [3.63, 3.8) is 0 Å². The largest absolute Gasteiger partial charge is 0.212 e. The normalized spacial score (nSPS) is 14.5. The predicted molar refractivity (Wildman–Crippen MR) is 65.8 cm³/mol. The molecule has 0 aromatic carbocycles. The predicted octanol–water partition coefficient (Wildman–Crippen LogP) is 2.36. The molecule has 15 heavy (non-hydrogen) atoms. The van der Waals surface area contributed by atoms with Crippen LogP contribution in [0.2, 0.25) is 0 Å². The molecule has 3 nitrogen and oxygen atoms in total. The van der Waals surface area contributed by atoms with Gasteiger partial charge in [-0.1, -0.05) is 13.8 Å². The molecule has 0 saturated heterocycles. The Labute approximate surface area is 98.6 Å². The van der Waals surface area contributed by atoms with E-state index in [1.807, 2.05) is 20.8 Å². The Bertz CT molecular complexity index is 252. The molecule has 0 aliphatic rings. The van der Waals surface area contributed by atoms with E-state index < -0.39 is 10.0 Å². The van der Waals surface area contributed by atoms with Crippen LogP contribution in [0.5, 0.6) is 0 Å². The van der Waals surface area contributed by atoms with Gasteiger partial charge >= 0.3 is 0 Å². The van der Waals surface area contributed by atoms with Crippen LogP contribution >= 0.6 is 11.6 Å². The fourth-order valence-corrected chi connectivity index (χ4v) is 2.98. The highest BCUT2D eigenvalue weighted by Crippen LogP contribution is 2.04. The number of rotatable bonds is 8. The third-order valence-corrected chi connectivity index (χ3v) is 3.92. The molecule has 1 atom stereocenters. The van der Waals surface area contributed by atoms with Crippen molar-refractivity contribution in [1.82, 2.24) is 4.72 Å². The third-order valence-electron chi connectivity index (χ3n) is 2.12. The summed E-state index contributed by atoms with van der Waals surface area (Å²) in [4.78, 5) is 0. The van der Waals surface area contributed by atoms with Gasteiger partial charge in [0.15, 0.2) is 0 Å². The van der Waals surface area contributed by atoms with Gasteiger partial charge in [0.1, 0.15) is 0 Å². The maximum absolute atomic E-state index is 11.6. The molecule has 0 fully saturated rings. The first-order valence-corrected chi connectivity index (χ1v) is 7.62. The van der Waals surface area contributed by atoms with Crippen LogP contribution < -0.4 is 4.72 Å². The lowest BCUT2D eigenvalue weighted by molar-refractivity contribution is 0.533. The van der Waals surface area contributed by atoms with Crippen molar-refractivity contribution in [1.29, 1.82) is 0 Å². The molecule has 0 saturated carbocycles. The lowest BCUT2D eigenvalue weighted by Crippen LogP contribution is -2.34. The molecular weight excluding hydrogens is 234 g/mol. The lowest BCUT2D eigenvalue weighted by atomic mass is 10.2. The standard InChI is InChI=1S/C10H22ClNO2S/c1-9(2)6-8-15(13,14)12-10(3)5-4-7-11/h9-10,12H,4-8H2,1-3H3. The smallest absolute Gasteiger partial charge is 0.211 e. The van der Waals surface area contributed by atoms with Gasteiger partial charge in [-0.15, -0.1) is 11.6 Å². The van der Waals surface area contributed by atoms with Gasteiger partial charge in [-0.2, -0.15) is 0 Å². The van der Waals surface area contributed by atoms with Crippen LogP contribution in [0.1, 0.15) is 40.0 Å². The van der Waals surface area contributed by atoms with Crippen LogP contribution in [-0.2, 0) is 10.0 Å². The first-order chi connectivity index (χ1) is 6.87. The Morgan fingerprint density at radius 2 is 1.80 bits per heavy atom. The second-order valence-electron chi connectivity index (χ2n) is 4.35. The zero-order valence-corrected chi connectivity index (χ0v) is 11.4. The molecule has 0 aliphatic heterocycles. The fourth-order valence-electron chi connectivity index (χ4n) is 1.20. The first-order valence-electron chi connectivity index (χ1n) is 5.43. The highest BCUT2D eigenvalue weighted by atomic mass is 35.5. The van der Waals surface area contributed by atoms with Gasteiger partial charge < -0.3 is 0 Å². The van der Waals surface area contributed by atoms with E-state index in [1.165, 1.54) is 0 Å². The van der Waals surface area contributed by atoms with Crippen molar-refractivity contribution in [3.8, 4) is 0 Å². The van der Waals surface area contributed by atoms with Crippen molar-refractivity contribution in [2.45, 2.75) is 46.1 Å². The third kappa shape index (κ3) is 9.15. The van der Waals surface area contributed by atoms with Crippen LogP contribution in [0.25, 0.3) is 0 Å². The molecule has 0 heterocycles. The van der Waals surface area contributed by atoms with E-state index >= 15 is 0 Å². The SMILES string of the molecule is CC(C)CCS(=O)(=O)NC(C)CCCCl. The summed E-state index contributed by atoms with van der Waals surface area (Å²) in [5, 5.41) is 0. The first kappa shape index (κ1) is 15.2. The topological polar surface area (TPSA) is 46.2 Å². The summed E-state index contributed by atoms with van der Waals surface area (Å²) in [6.45, 7) is 5.92. The summed E-state index contributed by atoms with van der Waals surface area (Å²) in [6, 6.07) is -0.0130. The highest BCUT2D eigenvalue weighted by Gasteiger charge is 2.14. The van der Waals surface area contributed by atoms with Gasteiger partial charge in [0.05, 0.1) is 5.75 Å². The van der Waals surface area contributed by atoms with Crippen LogP contribution in [0.15, 0.2) is 0 Å². The number of hydrogen-bond donors (Lipinski definition) is 1. The number of alkyl halides is 1. The summed E-state index contributed by atoms with van der Waals surface area (Å²) in [6.07, 6.45) is 2.34. The van der Waals surface area contributed by atoms with Gasteiger partial charge in [0.2, 0.25) is 10.0 Å². The summed E-state index contributed by atoms with van der Waals surface area (Å²) >= 11 is 5.54. The van der Waals surface area contributed by atoms with Crippen molar-refractivity contribution in [2.24, 2.45) is 5.92 Å². The average molecular weight is 256 g/mol. The Kier molecular flexibility index (Phi) is 7.57. The van der Waals surface area contributed by atoms with Crippen LogP contribution in [-0.4, -0.2) is 26.1 Å². The molecule has 0 radical (unpaired) electrons. The van der Waals surface area contributed by atoms with E-state index in [4.69, 9.17) is 11.6 Å². The Balaban J connectivity index is 3.91. The molecule has 0 aliphatic carbocycles. The molecule has 92 valence electrons. The lowest BCUT2D eigenvalue weighted by Gasteiger charge is -2.14. The minimum atomic E-state index is -3.10. The summed E-state index contributed by atoms with van der Waals surface area (Å²) < 4.78 is 25.8. The minimum absolute atomic E-state index is 0.0130. The van der Waals surface area contributed by atoms with E-state index in [-0.39, 0.29) is 11.8 Å². The van der Waals surface area contributed by atoms with E-state index in [1.54, 1.807) is 0 Å². The molecule has 0 aromatic heterocycles. The summed E-state index contributed by atoms with van der Waals surface area (Å²) in [5.41, 5.74) is 0. The number of nitrogens with one attached hydrogen (secondary N) is 1. The number of halogens is 1. The second-order valence-corrected chi connectivity index (χ2v) is 6.60. The second kappa shape index (κ2) is 7.47. The Hall–Kier alpha value is 0.200. The van der Waals surface area contributed by atoms with Gasteiger partial charge in [-0.05, 0) is 32.1 Å². The van der Waals surface area contributed by atoms with E-state index in [0.717, 1.165) is 12.8 Å². The maximum atomic E-state index is 11.6. The molecule has 0 rings (SSSR count). The van der Waals surface area contributed by atoms with Crippen molar-refractivity contribution < 1.29 is 8.42 Å². The highest BCUT2D eigenvalue weighted by molar-refractivity contribution is 7.89. The van der Waals surface area contributed by atoms with Crippen molar-refractivity contribution >= 4 is 21.6 Å². The van der Waals surface area contributed by atoms with Gasteiger partial charge in [0.25, 0.3) is 0 Å². The van der Waals surface area contributed by atoms with Crippen molar-refractivity contribution in [2.75, 3.05) is 11.6 Å². The quantitative estimate of drug-likeness (QED) is 0.677. The van der Waals surface area contributed by atoms with E-state index in [2.05, 4.69) is 4.72 Å². The zero-order valence-electron chi connectivity index (χ0n) is 9.79. The van der Waals surface area contributed by atoms with Gasteiger partial charge in [-0.25, -0.2) is 13.1 Å². The molecule has 1 unspecified atom stereocenters. The van der Waals surface area contributed by atoms with Crippen LogP contribution in [0, 0.1) is 5.92 Å². The van der Waals surface area contributed by atoms with Gasteiger partial charge in [-0.3, -0.25) is 0 Å². The molecule has 0 bridgehead atoms. The zero-order chi connectivity index (χ0) is 11.9. The summed E-state index contributed by atoms with van der Waals surface area (Å²) in [5.74, 6) is 1.22. The number of sulfonamides is 1. The molecule has 0 amide bonds. The molecular formula is C10H22ClNO2S. The van der Waals surface area contributed by atoms with Crippen molar-refractivity contribution in [3.05, 3.63) is 0 Å². The van der Waals surface area contributed by atoms with E-state index in [0.29, 0.717) is 18.2 Å². The van der Waals surface area contributed by atoms with E-state index in [9.17, 15) is 8.42 Å². The minimum Gasteiger partial charge on any atom is -0.212 e. The molecule has 5 heteroatoms. The molecule has 0 spiro atoms. The van der Waals surface area contributed by atoms with Crippen LogP contribution in [0.3, 0.4) is 0 Å². The van der Waals surface area contributed by atoms with Crippen LogP contribution in [0.4, 0.5) is 0 Å².